The summed E-state index contributed by atoms with van der Waals surface area (Å²) in [6.07, 6.45) is 1.39. The van der Waals surface area contributed by atoms with E-state index in [2.05, 4.69) is 5.32 Å². The maximum atomic E-state index is 12.5. The first kappa shape index (κ1) is 22.6. The highest BCUT2D eigenvalue weighted by molar-refractivity contribution is 7.87. The van der Waals surface area contributed by atoms with Gasteiger partial charge in [-0.1, -0.05) is 42.0 Å². The number of carbonyl (C=O) groups is 1. The fourth-order valence-electron chi connectivity index (χ4n) is 2.75. The van der Waals surface area contributed by atoms with Crippen molar-refractivity contribution in [2.45, 2.75) is 11.8 Å². The number of aryl methyl sites for hydroxylation is 1. The molecule has 0 bridgehead atoms. The van der Waals surface area contributed by atoms with Gasteiger partial charge in [-0.05, 0) is 55.0 Å². The second-order valence-electron chi connectivity index (χ2n) is 6.74. The molecule has 3 aromatic rings. The minimum absolute atomic E-state index is 0.0480. The van der Waals surface area contributed by atoms with E-state index >= 15 is 0 Å². The summed E-state index contributed by atoms with van der Waals surface area (Å²) < 4.78 is 35.1. The third-order valence-corrected chi connectivity index (χ3v) is 5.69. The average Bonchev–Trinajstić information content (AvgIpc) is 2.79. The monoisotopic (exact) mass is 448 g/mol. The molecule has 0 saturated heterocycles. The molecule has 0 spiro atoms. The number of nitrogens with one attached hydrogen (secondary N) is 1. The number of hydrogen-bond donors (Lipinski definition) is 1. The molecule has 1 amide bonds. The molecule has 7 nitrogen and oxygen atoms in total. The molecule has 0 unspecified atom stereocenters. The van der Waals surface area contributed by atoms with Crippen molar-refractivity contribution in [3.05, 3.63) is 89.5 Å². The van der Waals surface area contributed by atoms with Gasteiger partial charge in [0.2, 0.25) is 0 Å². The summed E-state index contributed by atoms with van der Waals surface area (Å²) in [4.78, 5) is 12.5. The second-order valence-corrected chi connectivity index (χ2v) is 8.29. The van der Waals surface area contributed by atoms with Crippen molar-refractivity contribution in [1.29, 1.82) is 5.26 Å². The Hall–Kier alpha value is -4.09. The zero-order valence-corrected chi connectivity index (χ0v) is 18.2. The Morgan fingerprint density at radius 2 is 1.66 bits per heavy atom. The molecule has 0 saturated carbocycles. The van der Waals surface area contributed by atoms with Gasteiger partial charge in [0.25, 0.3) is 5.91 Å². The molecule has 8 heteroatoms. The number of carbonyl (C=O) groups excluding carboxylic acids is 1. The average molecular weight is 449 g/mol. The van der Waals surface area contributed by atoms with Gasteiger partial charge in [-0.15, -0.1) is 0 Å². The van der Waals surface area contributed by atoms with Crippen LogP contribution in [0, 0.1) is 18.3 Å². The van der Waals surface area contributed by atoms with Gasteiger partial charge in [0, 0.05) is 0 Å². The number of nitriles is 1. The largest absolute Gasteiger partial charge is 0.495 e. The Labute approximate surface area is 186 Å². The molecule has 32 heavy (non-hydrogen) atoms. The van der Waals surface area contributed by atoms with Crippen molar-refractivity contribution in [2.24, 2.45) is 0 Å². The van der Waals surface area contributed by atoms with E-state index in [4.69, 9.17) is 8.92 Å². The Morgan fingerprint density at radius 1 is 1.00 bits per heavy atom. The van der Waals surface area contributed by atoms with Gasteiger partial charge in [-0.2, -0.15) is 13.7 Å². The Morgan fingerprint density at radius 3 is 2.28 bits per heavy atom. The van der Waals surface area contributed by atoms with E-state index in [0.29, 0.717) is 17.0 Å². The highest BCUT2D eigenvalue weighted by atomic mass is 32.2. The normalized spacial score (nSPS) is 11.3. The smallest absolute Gasteiger partial charge is 0.339 e. The van der Waals surface area contributed by atoms with Crippen LogP contribution in [0.4, 0.5) is 5.69 Å². The number of anilines is 1. The fourth-order valence-corrected chi connectivity index (χ4v) is 3.68. The summed E-state index contributed by atoms with van der Waals surface area (Å²) in [7, 11) is -2.49. The highest BCUT2D eigenvalue weighted by Gasteiger charge is 2.16. The number of methoxy groups -OCH3 is 1. The van der Waals surface area contributed by atoms with Gasteiger partial charge < -0.3 is 14.2 Å². The summed E-state index contributed by atoms with van der Waals surface area (Å²) in [6.45, 7) is 1.86. The zero-order valence-electron chi connectivity index (χ0n) is 17.4. The summed E-state index contributed by atoms with van der Waals surface area (Å²) >= 11 is 0. The molecule has 3 aromatic carbocycles. The van der Waals surface area contributed by atoms with Crippen LogP contribution in [0.3, 0.4) is 0 Å². The van der Waals surface area contributed by atoms with Crippen LogP contribution in [0.2, 0.25) is 0 Å². The predicted octanol–water partition coefficient (Wildman–Crippen LogP) is 4.32. The van der Waals surface area contributed by atoms with E-state index in [9.17, 15) is 18.5 Å². The number of amides is 1. The van der Waals surface area contributed by atoms with Gasteiger partial charge in [0.1, 0.15) is 28.0 Å². The first-order valence-corrected chi connectivity index (χ1v) is 10.9. The number of rotatable bonds is 7. The summed E-state index contributed by atoms with van der Waals surface area (Å²) in [6, 6.07) is 21.0. The number of benzene rings is 3. The Bertz CT molecular complexity index is 1290. The number of para-hydroxylation sites is 2. The first-order valence-electron chi connectivity index (χ1n) is 9.50. The van der Waals surface area contributed by atoms with Crippen LogP contribution in [-0.2, 0) is 14.9 Å². The molecule has 0 atom stereocenters. The number of nitrogens with zero attached hydrogens (tertiary/aromatic N) is 1. The van der Waals surface area contributed by atoms with E-state index in [1.54, 1.807) is 48.5 Å². The van der Waals surface area contributed by atoms with Gasteiger partial charge >= 0.3 is 10.1 Å². The number of hydrogen-bond acceptors (Lipinski definition) is 6. The third-order valence-electron chi connectivity index (χ3n) is 4.43. The van der Waals surface area contributed by atoms with Crippen molar-refractivity contribution in [3.63, 3.8) is 0 Å². The van der Waals surface area contributed by atoms with Gasteiger partial charge in [-0.25, -0.2) is 0 Å². The van der Waals surface area contributed by atoms with E-state index in [0.717, 1.165) is 5.56 Å². The third kappa shape index (κ3) is 5.53. The quantitative estimate of drug-likeness (QED) is 0.328. The van der Waals surface area contributed by atoms with E-state index in [-0.39, 0.29) is 16.2 Å². The molecule has 3 rings (SSSR count). The van der Waals surface area contributed by atoms with Crippen molar-refractivity contribution < 1.29 is 22.1 Å². The lowest BCUT2D eigenvalue weighted by atomic mass is 10.1. The van der Waals surface area contributed by atoms with E-state index in [1.165, 1.54) is 37.5 Å². The van der Waals surface area contributed by atoms with Crippen LogP contribution < -0.4 is 14.2 Å². The lowest BCUT2D eigenvalue weighted by Gasteiger charge is -2.09. The molecule has 0 aliphatic rings. The van der Waals surface area contributed by atoms with Gasteiger partial charge in [-0.3, -0.25) is 4.79 Å². The van der Waals surface area contributed by atoms with Crippen molar-refractivity contribution in [1.82, 2.24) is 0 Å². The molecule has 0 aliphatic heterocycles. The molecular weight excluding hydrogens is 428 g/mol. The molecule has 162 valence electrons. The Balaban J connectivity index is 1.74. The SMILES string of the molecule is COc1ccccc1NC(=O)/C(C#N)=C/c1ccc(OS(=O)(=O)c2ccc(C)cc2)cc1. The molecule has 1 N–H and O–H groups in total. The number of ether oxygens (including phenoxy) is 1. The molecule has 0 aromatic heterocycles. The topological polar surface area (TPSA) is 105 Å². The standard InChI is InChI=1S/C24H20N2O5S/c1-17-7-13-21(14-8-17)32(28,29)31-20-11-9-18(10-12-20)15-19(16-25)24(27)26-22-5-3-4-6-23(22)30-2/h3-15H,1-2H3,(H,26,27)/b19-15+. The maximum absolute atomic E-state index is 12.5. The van der Waals surface area contributed by atoms with Crippen molar-refractivity contribution >= 4 is 27.8 Å². The summed E-state index contributed by atoms with van der Waals surface area (Å²) in [5.41, 5.74) is 1.77. The van der Waals surface area contributed by atoms with Crippen LogP contribution in [0.25, 0.3) is 6.08 Å². The lowest BCUT2D eigenvalue weighted by Crippen LogP contribution is -2.14. The van der Waals surface area contributed by atoms with Crippen LogP contribution in [-0.4, -0.2) is 21.4 Å². The minimum atomic E-state index is -3.97. The van der Waals surface area contributed by atoms with E-state index < -0.39 is 16.0 Å². The Kier molecular flexibility index (Phi) is 6.93. The molecule has 0 radical (unpaired) electrons. The van der Waals surface area contributed by atoms with Crippen LogP contribution in [0.15, 0.2) is 83.3 Å². The van der Waals surface area contributed by atoms with Crippen LogP contribution >= 0.6 is 0 Å². The summed E-state index contributed by atoms with van der Waals surface area (Å²) in [5, 5.41) is 12.0. The predicted molar refractivity (Wildman–Crippen MR) is 121 cm³/mol. The first-order chi connectivity index (χ1) is 15.3. The zero-order chi connectivity index (χ0) is 23.1. The fraction of sp³-hybridized carbons (Fsp3) is 0.0833. The van der Waals surface area contributed by atoms with Crippen LogP contribution in [0.5, 0.6) is 11.5 Å². The molecule has 0 fully saturated rings. The van der Waals surface area contributed by atoms with Crippen molar-refractivity contribution in [2.75, 3.05) is 12.4 Å². The minimum Gasteiger partial charge on any atom is -0.495 e. The molecule has 0 aliphatic carbocycles. The molecule has 0 heterocycles. The van der Waals surface area contributed by atoms with Gasteiger partial charge in [0.05, 0.1) is 12.8 Å². The highest BCUT2D eigenvalue weighted by Crippen LogP contribution is 2.24. The van der Waals surface area contributed by atoms with Gasteiger partial charge in [0.15, 0.2) is 0 Å². The van der Waals surface area contributed by atoms with Crippen LogP contribution in [0.1, 0.15) is 11.1 Å². The van der Waals surface area contributed by atoms with E-state index in [1.807, 2.05) is 13.0 Å². The van der Waals surface area contributed by atoms with Crippen molar-refractivity contribution in [3.8, 4) is 17.6 Å². The lowest BCUT2D eigenvalue weighted by molar-refractivity contribution is -0.112. The maximum Gasteiger partial charge on any atom is 0.339 e. The second kappa shape index (κ2) is 9.81. The molecular formula is C24H20N2O5S. The summed E-state index contributed by atoms with van der Waals surface area (Å²) in [5.74, 6) is -0.0200.